The van der Waals surface area contributed by atoms with E-state index in [4.69, 9.17) is 23.2 Å². The smallest absolute Gasteiger partial charge is 0.323 e. The molecule has 0 unspecified atom stereocenters. The third-order valence-corrected chi connectivity index (χ3v) is 11.9. The van der Waals surface area contributed by atoms with Crippen LogP contribution in [0.15, 0.2) is 72.1 Å². The Morgan fingerprint density at radius 1 is 0.688 bits per heavy atom. The maximum atomic E-state index is 12.2. The van der Waals surface area contributed by atoms with Crippen LogP contribution in [0.3, 0.4) is 0 Å². The van der Waals surface area contributed by atoms with Crippen LogP contribution in [0.5, 0.6) is 0 Å². The second kappa shape index (κ2) is 11.0. The Balaban J connectivity index is 1.28. The molecule has 2 atom stereocenters. The molecule has 2 bridgehead atoms. The Morgan fingerprint density at radius 2 is 1.06 bits per heavy atom. The predicted octanol–water partition coefficient (Wildman–Crippen LogP) is 6.64. The quantitative estimate of drug-likeness (QED) is 0.157. The van der Waals surface area contributed by atoms with Crippen LogP contribution in [0.2, 0.25) is 0 Å². The van der Waals surface area contributed by atoms with Crippen molar-refractivity contribution in [2.24, 2.45) is 0 Å². The number of aliphatic carboxylic acids is 2. The molecular weight excluding hydrogens is 651 g/mol. The number of anilines is 2. The number of benzene rings is 4. The van der Waals surface area contributed by atoms with E-state index in [1.54, 1.807) is 9.80 Å². The molecule has 9 rings (SSSR count). The number of fused-ring (bicyclic) bond motifs is 7. The molecule has 4 aromatic rings. The minimum atomic E-state index is -1.05. The molecule has 3 saturated carbocycles. The van der Waals surface area contributed by atoms with Gasteiger partial charge in [-0.2, -0.15) is 0 Å². The number of carboxylic acid groups (broad SMARTS) is 2. The van der Waals surface area contributed by atoms with Crippen molar-refractivity contribution in [1.29, 1.82) is 0 Å². The highest BCUT2D eigenvalue weighted by molar-refractivity contribution is 6.20. The molecule has 0 saturated heterocycles. The number of hydrogen-bond donors (Lipinski definition) is 2. The van der Waals surface area contributed by atoms with E-state index in [1.807, 2.05) is 48.3 Å². The number of rotatable bonds is 8. The number of nitrogens with zero attached hydrogens (tertiary/aromatic N) is 2. The predicted molar refractivity (Wildman–Crippen MR) is 185 cm³/mol. The second-order valence-corrected chi connectivity index (χ2v) is 14.2. The maximum absolute atomic E-state index is 12.2. The molecule has 5 aliphatic rings. The molecule has 48 heavy (non-hydrogen) atoms. The molecule has 3 fully saturated rings. The number of allylic oxidation sites excluding steroid dienone is 2. The van der Waals surface area contributed by atoms with E-state index in [-0.39, 0.29) is 47.1 Å². The maximum Gasteiger partial charge on any atom is 0.323 e. The average Bonchev–Trinajstić information content (AvgIpc) is 3.80. The van der Waals surface area contributed by atoms with Crippen LogP contribution < -0.4 is 9.80 Å². The van der Waals surface area contributed by atoms with Gasteiger partial charge in [0.2, 0.25) is 0 Å². The topological polar surface area (TPSA) is 115 Å². The number of alkyl halides is 2. The van der Waals surface area contributed by atoms with Gasteiger partial charge in [0.05, 0.1) is 11.8 Å². The Bertz CT molecular complexity index is 2040. The molecule has 3 aliphatic carbocycles. The van der Waals surface area contributed by atoms with Gasteiger partial charge < -0.3 is 20.0 Å². The number of hydrogen-bond acceptors (Lipinski definition) is 6. The molecular formula is C38H30Cl2N2O6. The number of carbonyl (C=O) groups is 2. The van der Waals surface area contributed by atoms with E-state index < -0.39 is 23.8 Å². The summed E-state index contributed by atoms with van der Waals surface area (Å²) in [5.41, 5.74) is 5.47. The molecule has 0 aromatic heterocycles. The van der Waals surface area contributed by atoms with Crippen molar-refractivity contribution in [1.82, 2.24) is 0 Å². The van der Waals surface area contributed by atoms with E-state index >= 15 is 0 Å². The molecule has 0 radical (unpaired) electrons. The molecule has 0 amide bonds. The van der Waals surface area contributed by atoms with Crippen molar-refractivity contribution in [2.75, 3.05) is 34.6 Å². The lowest BCUT2D eigenvalue weighted by Crippen LogP contribution is -2.44. The van der Waals surface area contributed by atoms with E-state index in [0.29, 0.717) is 11.4 Å². The van der Waals surface area contributed by atoms with Crippen LogP contribution in [0.1, 0.15) is 59.8 Å². The fourth-order valence-electron chi connectivity index (χ4n) is 9.62. The largest absolute Gasteiger partial charge is 0.480 e. The number of carboxylic acids is 2. The molecule has 242 valence electrons. The first kappa shape index (κ1) is 30.7. The van der Waals surface area contributed by atoms with Crippen LogP contribution in [-0.4, -0.2) is 58.9 Å². The third kappa shape index (κ3) is 4.10. The van der Waals surface area contributed by atoms with E-state index in [9.17, 15) is 29.4 Å². The highest BCUT2D eigenvalue weighted by Gasteiger charge is 2.63. The van der Waals surface area contributed by atoms with Gasteiger partial charge in [0.15, 0.2) is 0 Å². The molecule has 0 spiro atoms. The van der Waals surface area contributed by atoms with Crippen molar-refractivity contribution >= 4 is 79.9 Å². The first-order chi connectivity index (χ1) is 23.2. The van der Waals surface area contributed by atoms with Gasteiger partial charge in [-0.25, -0.2) is 9.59 Å². The van der Waals surface area contributed by atoms with Crippen LogP contribution >= 0.6 is 23.2 Å². The van der Waals surface area contributed by atoms with Crippen LogP contribution in [-0.2, 0) is 30.0 Å². The number of carbonyl (C=O) groups excluding carboxylic acids is 2. The van der Waals surface area contributed by atoms with Gasteiger partial charge in [-0.1, -0.05) is 48.5 Å². The van der Waals surface area contributed by atoms with Crippen molar-refractivity contribution in [3.05, 3.63) is 94.3 Å². The molecule has 2 N–H and O–H groups in total. The lowest BCUT2D eigenvalue weighted by molar-refractivity contribution is -0.136. The van der Waals surface area contributed by atoms with Crippen molar-refractivity contribution in [2.45, 2.75) is 48.3 Å². The lowest BCUT2D eigenvalue weighted by Gasteiger charge is -2.49. The van der Waals surface area contributed by atoms with E-state index in [1.165, 1.54) is 0 Å². The van der Waals surface area contributed by atoms with Gasteiger partial charge in [0.1, 0.15) is 36.4 Å². The number of halogens is 2. The summed E-state index contributed by atoms with van der Waals surface area (Å²) in [4.78, 5) is 51.5. The fourth-order valence-corrected chi connectivity index (χ4v) is 10.2. The lowest BCUT2D eigenvalue weighted by atomic mass is 9.54. The monoisotopic (exact) mass is 680 g/mol. The summed E-state index contributed by atoms with van der Waals surface area (Å²) in [5, 5.41) is 23.6. The Labute approximate surface area is 285 Å². The van der Waals surface area contributed by atoms with E-state index in [2.05, 4.69) is 24.3 Å². The zero-order chi connectivity index (χ0) is 33.5. The van der Waals surface area contributed by atoms with Crippen molar-refractivity contribution in [3.8, 4) is 0 Å². The minimum Gasteiger partial charge on any atom is -0.480 e. The molecule has 2 heterocycles. The van der Waals surface area contributed by atoms with Gasteiger partial charge in [0, 0.05) is 23.1 Å². The Morgan fingerprint density at radius 3 is 1.40 bits per heavy atom. The summed E-state index contributed by atoms with van der Waals surface area (Å²) in [6.45, 7) is -0.734. The second-order valence-electron chi connectivity index (χ2n) is 13.6. The summed E-state index contributed by atoms with van der Waals surface area (Å²) in [7, 11) is 0. The van der Waals surface area contributed by atoms with Crippen LogP contribution in [0, 0.1) is 0 Å². The third-order valence-electron chi connectivity index (χ3n) is 11.3. The molecule has 10 heteroatoms. The molecule has 8 nitrogen and oxygen atoms in total. The van der Waals surface area contributed by atoms with Crippen molar-refractivity contribution in [3.63, 3.8) is 0 Å². The van der Waals surface area contributed by atoms with Crippen LogP contribution in [0.25, 0.3) is 21.5 Å². The Hall–Kier alpha value is -4.58. The SMILES string of the molecule is O=C=C1[C@@H](CCl)c2c(cc(C34CCC(c5cc6c(c7ccccc57)[C@H](CCl)C(=C=O)N6CC(=O)O)(C3)C4)c3ccccc23)N1CC(=O)O. The molecule has 2 aliphatic heterocycles. The zero-order valence-electron chi connectivity index (χ0n) is 25.8. The zero-order valence-corrected chi connectivity index (χ0v) is 27.3. The summed E-state index contributed by atoms with van der Waals surface area (Å²) in [5.74, 6) is 1.23. The minimum absolute atomic E-state index is 0.126. The average molecular weight is 682 g/mol. The molecule has 4 aromatic carbocycles. The summed E-state index contributed by atoms with van der Waals surface area (Å²) < 4.78 is 0. The summed E-state index contributed by atoms with van der Waals surface area (Å²) in [6.07, 6.45) is 3.48. The van der Waals surface area contributed by atoms with E-state index in [0.717, 1.165) is 69.5 Å². The fraction of sp³-hybridized carbons (Fsp3) is 0.316. The normalized spacial score (nSPS) is 25.2. The summed E-state index contributed by atoms with van der Waals surface area (Å²) in [6, 6.07) is 20.3. The van der Waals surface area contributed by atoms with Gasteiger partial charge in [0.25, 0.3) is 0 Å². The van der Waals surface area contributed by atoms with Gasteiger partial charge >= 0.3 is 11.9 Å². The van der Waals surface area contributed by atoms with Gasteiger partial charge in [-0.05, 0) is 92.4 Å². The first-order valence-electron chi connectivity index (χ1n) is 15.9. The van der Waals surface area contributed by atoms with Crippen molar-refractivity contribution < 1.29 is 29.4 Å². The first-order valence-corrected chi connectivity index (χ1v) is 17.0. The standard InChI is InChI=1S/C38H30Cl2N2O6/c39-13-25-31(17-43)41(15-33(45)46)29-11-27(21-5-1-3-7-23(21)35(25)29)37-9-10-38(19-37,20-37)28-12-30-36(24-8-4-2-6-22(24)28)26(14-40)32(18-44)42(30)16-34(47)48/h1-8,11-12,25-26H,9-10,13-16,19-20H2,(H,45,46)(H,47,48)/t25-,26-,37?,38?/m1/s1. The Kier molecular flexibility index (Phi) is 7.03. The summed E-state index contributed by atoms with van der Waals surface area (Å²) >= 11 is 12.8. The highest BCUT2D eigenvalue weighted by atomic mass is 35.5. The highest BCUT2D eigenvalue weighted by Crippen LogP contribution is 2.70. The van der Waals surface area contributed by atoms with Gasteiger partial charge in [-0.3, -0.25) is 9.59 Å². The van der Waals surface area contributed by atoms with Gasteiger partial charge in [-0.15, -0.1) is 23.2 Å². The van der Waals surface area contributed by atoms with Crippen LogP contribution in [0.4, 0.5) is 11.4 Å².